The van der Waals surface area contributed by atoms with Gasteiger partial charge in [-0.15, -0.1) is 10.2 Å². The van der Waals surface area contributed by atoms with Crippen molar-refractivity contribution in [1.82, 2.24) is 14.6 Å². The van der Waals surface area contributed by atoms with E-state index in [1.807, 2.05) is 28.7 Å². The van der Waals surface area contributed by atoms with Gasteiger partial charge in [-0.2, -0.15) is 0 Å². The maximum atomic E-state index is 10.8. The van der Waals surface area contributed by atoms with E-state index in [0.29, 0.717) is 16.7 Å². The van der Waals surface area contributed by atoms with Crippen molar-refractivity contribution in [2.75, 3.05) is 12.4 Å². The molecular weight excluding hydrogens is 388 g/mol. The van der Waals surface area contributed by atoms with Crippen LogP contribution in [0.1, 0.15) is 0 Å². The molecule has 0 saturated carbocycles. The molecule has 8 nitrogen and oxygen atoms in total. The zero-order valence-corrected chi connectivity index (χ0v) is 15.5. The fourth-order valence-corrected chi connectivity index (χ4v) is 4.42. The summed E-state index contributed by atoms with van der Waals surface area (Å²) in [7, 11) is 0. The lowest BCUT2D eigenvalue weighted by molar-refractivity contribution is -0.384. The standard InChI is InChI=1S/C17H14N4O4S2/c22-12(9-25-13-5-3-4-11(8-13)21(23)24)10-26-16-18-19-17-20(16)14-6-1-2-7-15(14)27-17/h1-8,12,22H,9-10H2. The SMILES string of the molecule is O=[N+]([O-])c1cccc(OCC(O)CSc2nnc3sc4ccccc4n23)c1. The minimum absolute atomic E-state index is 0.0283. The van der Waals surface area contributed by atoms with Crippen LogP contribution in [-0.4, -0.2) is 43.1 Å². The number of fused-ring (bicyclic) bond motifs is 3. The predicted octanol–water partition coefficient (Wildman–Crippen LogP) is 3.38. The van der Waals surface area contributed by atoms with Crippen LogP contribution in [-0.2, 0) is 0 Å². The van der Waals surface area contributed by atoms with E-state index in [-0.39, 0.29) is 12.3 Å². The number of para-hydroxylation sites is 1. The number of nitro benzene ring substituents is 1. The number of hydrogen-bond donors (Lipinski definition) is 1. The Morgan fingerprint density at radius 2 is 2.11 bits per heavy atom. The zero-order chi connectivity index (χ0) is 18.8. The van der Waals surface area contributed by atoms with Gasteiger partial charge in [0, 0.05) is 11.8 Å². The highest BCUT2D eigenvalue weighted by Gasteiger charge is 2.15. The second kappa shape index (κ2) is 7.51. The fourth-order valence-electron chi connectivity index (χ4n) is 2.55. The molecule has 10 heteroatoms. The van der Waals surface area contributed by atoms with Crippen molar-refractivity contribution in [3.8, 4) is 5.75 Å². The van der Waals surface area contributed by atoms with E-state index in [2.05, 4.69) is 10.2 Å². The van der Waals surface area contributed by atoms with Crippen molar-refractivity contribution in [2.24, 2.45) is 0 Å². The van der Waals surface area contributed by atoms with Gasteiger partial charge in [-0.05, 0) is 18.2 Å². The summed E-state index contributed by atoms with van der Waals surface area (Å²) in [6.45, 7) is 0.0283. The quantitative estimate of drug-likeness (QED) is 0.287. The van der Waals surface area contributed by atoms with E-state index >= 15 is 0 Å². The molecule has 2 aromatic carbocycles. The molecule has 0 spiro atoms. The molecule has 1 unspecified atom stereocenters. The number of hydrogen-bond acceptors (Lipinski definition) is 8. The smallest absolute Gasteiger partial charge is 0.273 e. The van der Waals surface area contributed by atoms with Crippen molar-refractivity contribution in [3.63, 3.8) is 0 Å². The largest absolute Gasteiger partial charge is 0.491 e. The Labute approximate surface area is 161 Å². The summed E-state index contributed by atoms with van der Waals surface area (Å²) in [4.78, 5) is 11.1. The highest BCUT2D eigenvalue weighted by Crippen LogP contribution is 2.29. The summed E-state index contributed by atoms with van der Waals surface area (Å²) in [5.74, 6) is 0.710. The Bertz CT molecular complexity index is 1110. The molecule has 2 aromatic heterocycles. The normalized spacial score (nSPS) is 12.5. The summed E-state index contributed by atoms with van der Waals surface area (Å²) in [5, 5.41) is 30.1. The van der Waals surface area contributed by atoms with Gasteiger partial charge in [-0.3, -0.25) is 14.5 Å². The summed E-state index contributed by atoms with van der Waals surface area (Å²) in [6.07, 6.45) is -0.758. The van der Waals surface area contributed by atoms with Gasteiger partial charge in [-0.25, -0.2) is 0 Å². The van der Waals surface area contributed by atoms with Gasteiger partial charge in [0.2, 0.25) is 4.96 Å². The topological polar surface area (TPSA) is 103 Å². The molecule has 4 aromatic rings. The second-order valence-corrected chi connectivity index (χ2v) is 7.70. The number of rotatable bonds is 7. The van der Waals surface area contributed by atoms with Gasteiger partial charge in [0.25, 0.3) is 5.69 Å². The molecule has 4 rings (SSSR count). The maximum Gasteiger partial charge on any atom is 0.273 e. The van der Waals surface area contributed by atoms with Crippen LogP contribution in [0.3, 0.4) is 0 Å². The Morgan fingerprint density at radius 1 is 1.26 bits per heavy atom. The van der Waals surface area contributed by atoms with Crippen molar-refractivity contribution < 1.29 is 14.8 Å². The van der Waals surface area contributed by atoms with Gasteiger partial charge in [0.1, 0.15) is 12.4 Å². The summed E-state index contributed by atoms with van der Waals surface area (Å²) in [6, 6.07) is 13.9. The molecule has 2 heterocycles. The number of aliphatic hydroxyl groups excluding tert-OH is 1. The molecular formula is C17H14N4O4S2. The molecule has 0 fully saturated rings. The average molecular weight is 402 g/mol. The summed E-state index contributed by atoms with van der Waals surface area (Å²) in [5.41, 5.74) is 0.985. The Balaban J connectivity index is 1.39. The van der Waals surface area contributed by atoms with Crippen LogP contribution in [0.2, 0.25) is 0 Å². The minimum Gasteiger partial charge on any atom is -0.491 e. The van der Waals surface area contributed by atoms with Crippen molar-refractivity contribution in [3.05, 3.63) is 58.6 Å². The molecule has 1 N–H and O–H groups in total. The number of thiazole rings is 1. The van der Waals surface area contributed by atoms with E-state index in [0.717, 1.165) is 15.2 Å². The summed E-state index contributed by atoms with van der Waals surface area (Å²) < 4.78 is 8.56. The van der Waals surface area contributed by atoms with E-state index in [4.69, 9.17) is 4.74 Å². The molecule has 0 aliphatic rings. The minimum atomic E-state index is -0.758. The highest BCUT2D eigenvalue weighted by molar-refractivity contribution is 7.99. The van der Waals surface area contributed by atoms with Crippen LogP contribution in [0, 0.1) is 10.1 Å². The number of benzene rings is 2. The molecule has 0 bridgehead atoms. The molecule has 0 saturated heterocycles. The third-order valence-electron chi connectivity index (χ3n) is 3.79. The first kappa shape index (κ1) is 17.7. The molecule has 0 aliphatic carbocycles. The first-order valence-corrected chi connectivity index (χ1v) is 9.83. The Morgan fingerprint density at radius 3 is 2.96 bits per heavy atom. The molecule has 1 atom stereocenters. The number of aromatic nitrogens is 3. The van der Waals surface area contributed by atoms with Crippen molar-refractivity contribution in [1.29, 1.82) is 0 Å². The third-order valence-corrected chi connectivity index (χ3v) is 5.87. The van der Waals surface area contributed by atoms with Gasteiger partial charge < -0.3 is 9.84 Å². The fraction of sp³-hybridized carbons (Fsp3) is 0.176. The van der Waals surface area contributed by atoms with Crippen LogP contribution in [0.5, 0.6) is 5.75 Å². The van der Waals surface area contributed by atoms with Crippen LogP contribution >= 0.6 is 23.1 Å². The maximum absolute atomic E-state index is 10.8. The van der Waals surface area contributed by atoms with Crippen LogP contribution in [0.15, 0.2) is 53.7 Å². The van der Waals surface area contributed by atoms with Crippen LogP contribution in [0.4, 0.5) is 5.69 Å². The second-order valence-electron chi connectivity index (χ2n) is 5.70. The lowest BCUT2D eigenvalue weighted by Crippen LogP contribution is -2.20. The number of ether oxygens (including phenoxy) is 1. The van der Waals surface area contributed by atoms with Gasteiger partial charge in [-0.1, -0.05) is 41.3 Å². The van der Waals surface area contributed by atoms with E-state index in [9.17, 15) is 15.2 Å². The Hall–Kier alpha value is -2.69. The van der Waals surface area contributed by atoms with Gasteiger partial charge in [0.05, 0.1) is 27.3 Å². The van der Waals surface area contributed by atoms with E-state index in [1.165, 1.54) is 23.9 Å². The highest BCUT2D eigenvalue weighted by atomic mass is 32.2. The lowest BCUT2D eigenvalue weighted by Gasteiger charge is -2.11. The van der Waals surface area contributed by atoms with E-state index in [1.54, 1.807) is 23.5 Å². The zero-order valence-electron chi connectivity index (χ0n) is 13.9. The van der Waals surface area contributed by atoms with E-state index < -0.39 is 11.0 Å². The monoisotopic (exact) mass is 402 g/mol. The van der Waals surface area contributed by atoms with Crippen molar-refractivity contribution in [2.45, 2.75) is 11.3 Å². The Kier molecular flexibility index (Phi) is 4.92. The summed E-state index contributed by atoms with van der Waals surface area (Å²) >= 11 is 2.95. The first-order valence-electron chi connectivity index (χ1n) is 8.02. The van der Waals surface area contributed by atoms with Crippen LogP contribution in [0.25, 0.3) is 15.2 Å². The van der Waals surface area contributed by atoms with Crippen LogP contribution < -0.4 is 4.74 Å². The third kappa shape index (κ3) is 3.72. The van der Waals surface area contributed by atoms with Gasteiger partial charge >= 0.3 is 0 Å². The number of aliphatic hydroxyl groups is 1. The van der Waals surface area contributed by atoms with Gasteiger partial charge in [0.15, 0.2) is 5.16 Å². The molecule has 0 radical (unpaired) electrons. The molecule has 138 valence electrons. The molecule has 0 aliphatic heterocycles. The van der Waals surface area contributed by atoms with Crippen molar-refractivity contribution >= 4 is 44.0 Å². The lowest BCUT2D eigenvalue weighted by atomic mass is 10.3. The molecule has 27 heavy (non-hydrogen) atoms. The first-order chi connectivity index (χ1) is 13.1. The number of nitro groups is 1. The number of non-ortho nitro benzene ring substituents is 1. The number of nitrogens with zero attached hydrogens (tertiary/aromatic N) is 4. The molecule has 0 amide bonds. The predicted molar refractivity (Wildman–Crippen MR) is 104 cm³/mol. The average Bonchev–Trinajstić information content (AvgIpc) is 3.24. The number of thioether (sulfide) groups is 1.